The van der Waals surface area contributed by atoms with E-state index in [-0.39, 0.29) is 30.7 Å². The molecule has 3 heterocycles. The van der Waals surface area contributed by atoms with Gasteiger partial charge in [0.15, 0.2) is 6.61 Å². The molecular weight excluding hydrogens is 307 g/mol. The molecular formula is C16H20ClFN2O2. The lowest BCUT2D eigenvalue weighted by molar-refractivity contribution is -0.135. The van der Waals surface area contributed by atoms with Crippen LogP contribution in [0.15, 0.2) is 24.3 Å². The van der Waals surface area contributed by atoms with Gasteiger partial charge in [-0.25, -0.2) is 4.39 Å². The quantitative estimate of drug-likeness (QED) is 0.921. The van der Waals surface area contributed by atoms with Crippen molar-refractivity contribution in [1.29, 1.82) is 0 Å². The van der Waals surface area contributed by atoms with Crippen LogP contribution in [0.5, 0.6) is 5.75 Å². The summed E-state index contributed by atoms with van der Waals surface area (Å²) < 4.78 is 18.3. The number of amides is 1. The number of carbonyl (C=O) groups excluding carboxylic acids is 1. The van der Waals surface area contributed by atoms with Crippen LogP contribution in [-0.4, -0.2) is 42.6 Å². The third-order valence-electron chi connectivity index (χ3n) is 5.24. The molecule has 3 fully saturated rings. The number of benzene rings is 1. The Labute approximate surface area is 135 Å². The zero-order valence-electron chi connectivity index (χ0n) is 12.2. The molecule has 0 aromatic heterocycles. The molecule has 6 heteroatoms. The summed E-state index contributed by atoms with van der Waals surface area (Å²) in [7, 11) is 0. The molecule has 1 aromatic carbocycles. The Morgan fingerprint density at radius 1 is 1.18 bits per heavy atom. The third kappa shape index (κ3) is 2.46. The number of fused-ring (bicyclic) bond motifs is 5. The number of rotatable bonds is 3. The van der Waals surface area contributed by atoms with E-state index in [1.807, 2.05) is 0 Å². The SMILES string of the molecule is Cl.O=C(COc1ccc(F)cc1)N1[C@@H]2CC[C@H]1[C@H]1CNC[C@H]12. The average molecular weight is 327 g/mol. The van der Waals surface area contributed by atoms with Gasteiger partial charge in [0.25, 0.3) is 5.91 Å². The van der Waals surface area contributed by atoms with Crippen LogP contribution in [0.25, 0.3) is 0 Å². The smallest absolute Gasteiger partial charge is 0.261 e. The van der Waals surface area contributed by atoms with Gasteiger partial charge < -0.3 is 15.0 Å². The molecule has 4 nitrogen and oxygen atoms in total. The van der Waals surface area contributed by atoms with Crippen LogP contribution in [0.3, 0.4) is 0 Å². The van der Waals surface area contributed by atoms with E-state index < -0.39 is 0 Å². The lowest BCUT2D eigenvalue weighted by atomic mass is 9.82. The summed E-state index contributed by atoms with van der Waals surface area (Å²) >= 11 is 0. The standard InChI is InChI=1S/C16H19FN2O2.ClH/c17-10-1-3-11(4-2-10)21-9-16(20)19-14-5-6-15(19)13-8-18-7-12(13)14;/h1-4,12-15,18H,5-9H2;1H/t12-,13+,14-,15+;. The summed E-state index contributed by atoms with van der Waals surface area (Å²) in [4.78, 5) is 14.6. The van der Waals surface area contributed by atoms with Crippen molar-refractivity contribution >= 4 is 18.3 Å². The minimum absolute atomic E-state index is 0. The van der Waals surface area contributed by atoms with Crippen LogP contribution in [0.2, 0.25) is 0 Å². The first-order chi connectivity index (χ1) is 10.2. The van der Waals surface area contributed by atoms with E-state index in [2.05, 4.69) is 10.2 Å². The van der Waals surface area contributed by atoms with Crippen molar-refractivity contribution < 1.29 is 13.9 Å². The van der Waals surface area contributed by atoms with Crippen LogP contribution >= 0.6 is 12.4 Å². The number of nitrogens with zero attached hydrogens (tertiary/aromatic N) is 1. The van der Waals surface area contributed by atoms with Gasteiger partial charge in [-0.3, -0.25) is 4.79 Å². The molecule has 0 saturated carbocycles. The van der Waals surface area contributed by atoms with Crippen molar-refractivity contribution in [3.63, 3.8) is 0 Å². The molecule has 2 bridgehead atoms. The van der Waals surface area contributed by atoms with Gasteiger partial charge in [-0.05, 0) is 48.9 Å². The van der Waals surface area contributed by atoms with Gasteiger partial charge >= 0.3 is 0 Å². The summed E-state index contributed by atoms with van der Waals surface area (Å²) in [6.45, 7) is 2.12. The monoisotopic (exact) mass is 326 g/mol. The van der Waals surface area contributed by atoms with E-state index in [0.29, 0.717) is 29.7 Å². The molecule has 1 amide bonds. The van der Waals surface area contributed by atoms with Gasteiger partial charge in [0.05, 0.1) is 0 Å². The minimum atomic E-state index is -0.299. The number of nitrogens with one attached hydrogen (secondary N) is 1. The Hall–Kier alpha value is -1.33. The molecule has 0 radical (unpaired) electrons. The zero-order chi connectivity index (χ0) is 14.4. The van der Waals surface area contributed by atoms with E-state index in [4.69, 9.17) is 4.74 Å². The van der Waals surface area contributed by atoms with Crippen LogP contribution in [-0.2, 0) is 4.79 Å². The molecule has 4 rings (SSSR count). The van der Waals surface area contributed by atoms with Crippen molar-refractivity contribution in [2.75, 3.05) is 19.7 Å². The molecule has 120 valence electrons. The number of halogens is 2. The predicted octanol–water partition coefficient (Wildman–Crippen LogP) is 1.84. The van der Waals surface area contributed by atoms with Crippen molar-refractivity contribution in [3.8, 4) is 5.75 Å². The van der Waals surface area contributed by atoms with Crippen molar-refractivity contribution in [1.82, 2.24) is 10.2 Å². The van der Waals surface area contributed by atoms with Crippen molar-refractivity contribution in [3.05, 3.63) is 30.1 Å². The summed E-state index contributed by atoms with van der Waals surface area (Å²) in [5, 5.41) is 3.44. The highest BCUT2D eigenvalue weighted by Crippen LogP contribution is 2.47. The molecule has 1 N–H and O–H groups in total. The second-order valence-electron chi connectivity index (χ2n) is 6.24. The van der Waals surface area contributed by atoms with E-state index >= 15 is 0 Å². The van der Waals surface area contributed by atoms with Gasteiger partial charge in [-0.2, -0.15) is 0 Å². The van der Waals surface area contributed by atoms with Gasteiger partial charge in [-0.15, -0.1) is 12.4 Å². The van der Waals surface area contributed by atoms with Crippen molar-refractivity contribution in [2.24, 2.45) is 11.8 Å². The molecule has 1 aromatic rings. The summed E-state index contributed by atoms with van der Waals surface area (Å²) in [6, 6.07) is 6.57. The molecule has 0 aliphatic carbocycles. The summed E-state index contributed by atoms with van der Waals surface area (Å²) in [5.74, 6) is 1.56. The largest absolute Gasteiger partial charge is 0.484 e. The van der Waals surface area contributed by atoms with E-state index in [1.165, 1.54) is 12.1 Å². The second kappa shape index (κ2) is 6.05. The topological polar surface area (TPSA) is 41.6 Å². The van der Waals surface area contributed by atoms with Crippen LogP contribution in [0.1, 0.15) is 12.8 Å². The molecule has 0 spiro atoms. The highest BCUT2D eigenvalue weighted by atomic mass is 35.5. The zero-order valence-corrected chi connectivity index (χ0v) is 13.0. The fourth-order valence-electron chi connectivity index (χ4n) is 4.39. The first kappa shape index (κ1) is 15.6. The maximum atomic E-state index is 12.8. The van der Waals surface area contributed by atoms with E-state index in [0.717, 1.165) is 25.9 Å². The van der Waals surface area contributed by atoms with E-state index in [9.17, 15) is 9.18 Å². The van der Waals surface area contributed by atoms with E-state index in [1.54, 1.807) is 12.1 Å². The molecule has 3 aliphatic rings. The Balaban J connectivity index is 0.00000144. The Morgan fingerprint density at radius 2 is 1.77 bits per heavy atom. The normalized spacial score (nSPS) is 31.8. The van der Waals surface area contributed by atoms with Gasteiger partial charge in [0, 0.05) is 25.2 Å². The Kier molecular flexibility index (Phi) is 4.28. The van der Waals surface area contributed by atoms with Gasteiger partial charge in [-0.1, -0.05) is 0 Å². The fourth-order valence-corrected chi connectivity index (χ4v) is 4.39. The third-order valence-corrected chi connectivity index (χ3v) is 5.24. The predicted molar refractivity (Wildman–Crippen MR) is 82.6 cm³/mol. The second-order valence-corrected chi connectivity index (χ2v) is 6.24. The summed E-state index contributed by atoms with van der Waals surface area (Å²) in [5.41, 5.74) is 0. The van der Waals surface area contributed by atoms with Crippen LogP contribution in [0.4, 0.5) is 4.39 Å². The molecule has 4 atom stereocenters. The highest BCUT2D eigenvalue weighted by molar-refractivity contribution is 5.85. The highest BCUT2D eigenvalue weighted by Gasteiger charge is 2.56. The first-order valence-electron chi connectivity index (χ1n) is 7.64. The average Bonchev–Trinajstić information content (AvgIpc) is 3.18. The molecule has 0 unspecified atom stereocenters. The van der Waals surface area contributed by atoms with Gasteiger partial charge in [0.1, 0.15) is 11.6 Å². The maximum Gasteiger partial charge on any atom is 0.261 e. The van der Waals surface area contributed by atoms with Crippen LogP contribution < -0.4 is 10.1 Å². The minimum Gasteiger partial charge on any atom is -0.484 e. The lowest BCUT2D eigenvalue weighted by Crippen LogP contribution is -2.41. The van der Waals surface area contributed by atoms with Gasteiger partial charge in [0.2, 0.25) is 0 Å². The van der Waals surface area contributed by atoms with Crippen molar-refractivity contribution in [2.45, 2.75) is 24.9 Å². The molecule has 3 aliphatic heterocycles. The summed E-state index contributed by atoms with van der Waals surface area (Å²) in [6.07, 6.45) is 2.24. The fraction of sp³-hybridized carbons (Fsp3) is 0.562. The first-order valence-corrected chi connectivity index (χ1v) is 7.64. The Morgan fingerprint density at radius 3 is 2.36 bits per heavy atom. The number of hydrogen-bond donors (Lipinski definition) is 1. The number of ether oxygens (including phenoxy) is 1. The molecule has 3 saturated heterocycles. The maximum absolute atomic E-state index is 12.8. The Bertz CT molecular complexity index is 536. The molecule has 22 heavy (non-hydrogen) atoms. The van der Waals surface area contributed by atoms with Crippen LogP contribution in [0, 0.1) is 17.7 Å². The number of hydrogen-bond acceptors (Lipinski definition) is 3. The number of carbonyl (C=O) groups is 1. The lowest BCUT2D eigenvalue weighted by Gasteiger charge is -2.24.